The maximum atomic E-state index is 13.5. The molecule has 0 spiro atoms. The Bertz CT molecular complexity index is 691. The highest BCUT2D eigenvalue weighted by molar-refractivity contribution is 7.99. The lowest BCUT2D eigenvalue weighted by molar-refractivity contribution is -0.384. The molecule has 0 aliphatic carbocycles. The zero-order chi connectivity index (χ0) is 16.2. The lowest BCUT2D eigenvalue weighted by atomic mass is 10.1. The van der Waals surface area contributed by atoms with Gasteiger partial charge in [0.15, 0.2) is 0 Å². The molecule has 0 bridgehead atoms. The minimum Gasteiger partial charge on any atom is -0.366 e. The average molecular weight is 333 g/mol. The molecule has 0 radical (unpaired) electrons. The number of thioether (sulfide) groups is 1. The number of nitro groups is 1. The summed E-state index contributed by atoms with van der Waals surface area (Å²) < 4.78 is 13.5. The first kappa shape index (κ1) is 15.7. The lowest BCUT2D eigenvalue weighted by Crippen LogP contribution is -2.35. The molecule has 0 unspecified atom stereocenters. The molecule has 1 aliphatic heterocycles. The Morgan fingerprint density at radius 3 is 2.70 bits per heavy atom. The zero-order valence-electron chi connectivity index (χ0n) is 12.4. The summed E-state index contributed by atoms with van der Waals surface area (Å²) in [4.78, 5) is 16.9. The molecule has 3 rings (SSSR count). The number of hydrogen-bond donors (Lipinski definition) is 0. The number of nitro benzene ring substituents is 1. The average Bonchev–Trinajstić information content (AvgIpc) is 2.56. The van der Waals surface area contributed by atoms with Crippen molar-refractivity contribution in [3.8, 4) is 0 Å². The molecular weight excluding hydrogens is 317 g/mol. The molecule has 0 saturated carbocycles. The molecule has 1 saturated heterocycles. The molecule has 0 amide bonds. The van der Waals surface area contributed by atoms with Crippen LogP contribution in [0.5, 0.6) is 0 Å². The summed E-state index contributed by atoms with van der Waals surface area (Å²) in [7, 11) is 0. The van der Waals surface area contributed by atoms with E-state index in [0.717, 1.165) is 23.9 Å². The molecule has 1 aromatic carbocycles. The van der Waals surface area contributed by atoms with E-state index >= 15 is 0 Å². The van der Waals surface area contributed by atoms with Gasteiger partial charge in [0, 0.05) is 36.7 Å². The second-order valence-corrected chi connectivity index (χ2v) is 6.68. The van der Waals surface area contributed by atoms with Crippen LogP contribution >= 0.6 is 11.8 Å². The first-order valence-corrected chi connectivity index (χ1v) is 8.28. The van der Waals surface area contributed by atoms with Crippen LogP contribution in [0.4, 0.5) is 15.8 Å². The van der Waals surface area contributed by atoms with Crippen molar-refractivity contribution >= 4 is 23.1 Å². The summed E-state index contributed by atoms with van der Waals surface area (Å²) in [6, 6.07) is 9.44. The van der Waals surface area contributed by atoms with E-state index in [1.54, 1.807) is 18.0 Å². The summed E-state index contributed by atoms with van der Waals surface area (Å²) in [5.41, 5.74) is 0.332. The van der Waals surface area contributed by atoms with Gasteiger partial charge in [-0.05, 0) is 31.0 Å². The van der Waals surface area contributed by atoms with Gasteiger partial charge in [-0.1, -0.05) is 6.07 Å². The van der Waals surface area contributed by atoms with Crippen molar-refractivity contribution < 1.29 is 9.31 Å². The van der Waals surface area contributed by atoms with Crippen LogP contribution in [0.3, 0.4) is 0 Å². The maximum Gasteiger partial charge on any atom is 0.292 e. The van der Waals surface area contributed by atoms with Crippen molar-refractivity contribution in [3.63, 3.8) is 0 Å². The summed E-state index contributed by atoms with van der Waals surface area (Å²) in [6.45, 7) is 1.35. The van der Waals surface area contributed by atoms with Gasteiger partial charge in [0.05, 0.1) is 9.95 Å². The van der Waals surface area contributed by atoms with Gasteiger partial charge in [-0.15, -0.1) is 11.8 Å². The molecule has 0 N–H and O–H groups in total. The summed E-state index contributed by atoms with van der Waals surface area (Å²) in [6.07, 6.45) is 3.54. The Morgan fingerprint density at radius 1 is 1.26 bits per heavy atom. The molecule has 2 aromatic rings. The number of halogens is 1. The van der Waals surface area contributed by atoms with Crippen LogP contribution in [0, 0.1) is 15.9 Å². The van der Waals surface area contributed by atoms with Crippen LogP contribution in [-0.4, -0.2) is 28.2 Å². The van der Waals surface area contributed by atoms with Crippen molar-refractivity contribution in [1.29, 1.82) is 0 Å². The van der Waals surface area contributed by atoms with E-state index < -0.39 is 10.7 Å². The third kappa shape index (κ3) is 3.79. The van der Waals surface area contributed by atoms with Crippen LogP contribution in [0.15, 0.2) is 47.6 Å². The van der Waals surface area contributed by atoms with Crippen LogP contribution in [-0.2, 0) is 0 Å². The number of pyridine rings is 1. The van der Waals surface area contributed by atoms with Gasteiger partial charge < -0.3 is 4.90 Å². The third-order valence-electron chi connectivity index (χ3n) is 3.84. The van der Waals surface area contributed by atoms with E-state index in [9.17, 15) is 14.5 Å². The molecule has 1 fully saturated rings. The van der Waals surface area contributed by atoms with Gasteiger partial charge in [0.25, 0.3) is 5.69 Å². The molecule has 120 valence electrons. The fourth-order valence-electron chi connectivity index (χ4n) is 2.71. The van der Waals surface area contributed by atoms with Gasteiger partial charge in [0.1, 0.15) is 11.5 Å². The Labute approximate surface area is 137 Å². The summed E-state index contributed by atoms with van der Waals surface area (Å²) in [5.74, 6) is -0.449. The van der Waals surface area contributed by atoms with E-state index in [4.69, 9.17) is 0 Å². The van der Waals surface area contributed by atoms with E-state index in [-0.39, 0.29) is 5.69 Å². The van der Waals surface area contributed by atoms with Crippen molar-refractivity contribution in [2.75, 3.05) is 18.0 Å². The van der Waals surface area contributed by atoms with Crippen molar-refractivity contribution in [2.45, 2.75) is 23.1 Å². The van der Waals surface area contributed by atoms with E-state index in [2.05, 4.69) is 4.98 Å². The van der Waals surface area contributed by atoms with Gasteiger partial charge in [0.2, 0.25) is 0 Å². The van der Waals surface area contributed by atoms with E-state index in [0.29, 0.717) is 24.0 Å². The summed E-state index contributed by atoms with van der Waals surface area (Å²) >= 11 is 1.73. The Kier molecular flexibility index (Phi) is 4.76. The number of anilines is 1. The molecule has 0 atom stereocenters. The van der Waals surface area contributed by atoms with Gasteiger partial charge in [-0.25, -0.2) is 9.37 Å². The smallest absolute Gasteiger partial charge is 0.292 e. The number of rotatable bonds is 4. The van der Waals surface area contributed by atoms with Crippen molar-refractivity contribution in [1.82, 2.24) is 4.98 Å². The second kappa shape index (κ2) is 6.95. The third-order valence-corrected chi connectivity index (χ3v) is 5.13. The number of nitrogens with zero attached hydrogens (tertiary/aromatic N) is 3. The fraction of sp³-hybridized carbons (Fsp3) is 0.312. The monoisotopic (exact) mass is 333 g/mol. The Balaban J connectivity index is 1.67. The highest BCUT2D eigenvalue weighted by Crippen LogP contribution is 2.34. The largest absolute Gasteiger partial charge is 0.366 e. The van der Waals surface area contributed by atoms with Crippen molar-refractivity contribution in [3.05, 3.63) is 58.5 Å². The minimum absolute atomic E-state index is 0.0396. The maximum absolute atomic E-state index is 13.5. The molecule has 23 heavy (non-hydrogen) atoms. The zero-order valence-corrected chi connectivity index (χ0v) is 13.2. The standard InChI is InChI=1S/C16H16FN3O2S/c17-12-4-5-14(20(21)22)15(11-12)19-9-6-13(7-10-19)23-16-3-1-2-8-18-16/h1-5,8,11,13H,6-7,9-10H2. The predicted octanol–water partition coefficient (Wildman–Crippen LogP) is 3.89. The Hall–Kier alpha value is -2.15. The van der Waals surface area contributed by atoms with Gasteiger partial charge >= 0.3 is 0 Å². The quantitative estimate of drug-likeness (QED) is 0.627. The topological polar surface area (TPSA) is 59.3 Å². The van der Waals surface area contributed by atoms with Gasteiger partial charge in [-0.2, -0.15) is 0 Å². The number of piperidine rings is 1. The van der Waals surface area contributed by atoms with Gasteiger partial charge in [-0.3, -0.25) is 10.1 Å². The molecule has 7 heteroatoms. The highest BCUT2D eigenvalue weighted by atomic mass is 32.2. The fourth-order valence-corrected chi connectivity index (χ4v) is 3.77. The van der Waals surface area contributed by atoms with E-state index in [1.807, 2.05) is 23.1 Å². The first-order chi connectivity index (χ1) is 11.1. The lowest BCUT2D eigenvalue weighted by Gasteiger charge is -2.32. The minimum atomic E-state index is -0.455. The van der Waals surface area contributed by atoms with Crippen LogP contribution in [0.25, 0.3) is 0 Å². The normalized spacial score (nSPS) is 15.6. The molecular formula is C16H16FN3O2S. The van der Waals surface area contributed by atoms with Crippen LogP contribution in [0.2, 0.25) is 0 Å². The molecule has 5 nitrogen and oxygen atoms in total. The van der Waals surface area contributed by atoms with Crippen molar-refractivity contribution in [2.24, 2.45) is 0 Å². The first-order valence-electron chi connectivity index (χ1n) is 7.40. The molecule has 1 aliphatic rings. The number of aromatic nitrogens is 1. The number of hydrogen-bond acceptors (Lipinski definition) is 5. The number of benzene rings is 1. The van der Waals surface area contributed by atoms with E-state index in [1.165, 1.54) is 12.1 Å². The Morgan fingerprint density at radius 2 is 2.04 bits per heavy atom. The SMILES string of the molecule is O=[N+]([O-])c1ccc(F)cc1N1CCC(Sc2ccccn2)CC1. The predicted molar refractivity (Wildman–Crippen MR) is 88.4 cm³/mol. The highest BCUT2D eigenvalue weighted by Gasteiger charge is 2.25. The molecule has 1 aromatic heterocycles. The van der Waals surface area contributed by atoms with Crippen LogP contribution in [0.1, 0.15) is 12.8 Å². The second-order valence-electron chi connectivity index (χ2n) is 5.36. The van der Waals surface area contributed by atoms with Crippen LogP contribution < -0.4 is 4.90 Å². The summed E-state index contributed by atoms with van der Waals surface area (Å²) in [5, 5.41) is 12.5. The molecule has 2 heterocycles.